The molecule has 0 spiro atoms. The summed E-state index contributed by atoms with van der Waals surface area (Å²) >= 11 is 0. The van der Waals surface area contributed by atoms with E-state index in [-0.39, 0.29) is 11.3 Å². The topological polar surface area (TPSA) is 125 Å². The fourth-order valence-electron chi connectivity index (χ4n) is 2.93. The van der Waals surface area contributed by atoms with Gasteiger partial charge >= 0.3 is 12.4 Å². The smallest absolute Gasteiger partial charge is 0.434 e. The van der Waals surface area contributed by atoms with Gasteiger partial charge in [-0.2, -0.15) is 26.3 Å². The molecule has 3 rings (SSSR count). The van der Waals surface area contributed by atoms with Crippen molar-refractivity contribution in [3.63, 3.8) is 0 Å². The molecule has 0 unspecified atom stereocenters. The Morgan fingerprint density at radius 2 is 1.59 bits per heavy atom. The molecule has 1 aliphatic rings. The molecule has 2 heterocycles. The molecule has 0 bridgehead atoms. The van der Waals surface area contributed by atoms with E-state index in [0.29, 0.717) is 18.5 Å². The van der Waals surface area contributed by atoms with Crippen molar-refractivity contribution >= 4 is 0 Å². The van der Waals surface area contributed by atoms with Crippen molar-refractivity contribution in [2.24, 2.45) is 0 Å². The first-order valence-electron chi connectivity index (χ1n) is 8.91. The SMILES string of the molecule is OC[C@H]1O[C@H](Oc2ccc(-c3cnc(C(F)(F)F)cn3)cc2C(F)(F)F)[C@@H](O)[C@@H](O)[C@@H]1O. The average Bonchev–Trinajstić information content (AvgIpc) is 2.73. The predicted molar refractivity (Wildman–Crippen MR) is 91.9 cm³/mol. The van der Waals surface area contributed by atoms with E-state index < -0.39 is 66.7 Å². The molecular weight excluding hydrogens is 454 g/mol. The first-order chi connectivity index (χ1) is 14.8. The van der Waals surface area contributed by atoms with Gasteiger partial charge in [0.25, 0.3) is 0 Å². The summed E-state index contributed by atoms with van der Waals surface area (Å²) in [6, 6.07) is 2.43. The fraction of sp³-hybridized carbons (Fsp3) is 0.444. The van der Waals surface area contributed by atoms with E-state index in [1.54, 1.807) is 0 Å². The summed E-state index contributed by atoms with van der Waals surface area (Å²) in [6.07, 6.45) is -17.6. The van der Waals surface area contributed by atoms with Gasteiger partial charge in [0.2, 0.25) is 6.29 Å². The molecule has 32 heavy (non-hydrogen) atoms. The molecule has 1 saturated heterocycles. The Bertz CT molecular complexity index is 937. The molecule has 1 aromatic carbocycles. The molecule has 4 N–H and O–H groups in total. The third kappa shape index (κ3) is 4.94. The Labute approximate surface area is 175 Å². The van der Waals surface area contributed by atoms with Crippen molar-refractivity contribution in [1.82, 2.24) is 9.97 Å². The van der Waals surface area contributed by atoms with Crippen molar-refractivity contribution < 1.29 is 56.2 Å². The summed E-state index contributed by atoms with van der Waals surface area (Å²) in [7, 11) is 0. The zero-order valence-corrected chi connectivity index (χ0v) is 15.7. The summed E-state index contributed by atoms with van der Waals surface area (Å²) < 4.78 is 88.7. The summed E-state index contributed by atoms with van der Waals surface area (Å²) in [5.74, 6) is -0.842. The molecule has 1 aromatic heterocycles. The van der Waals surface area contributed by atoms with Crippen LogP contribution in [0.15, 0.2) is 30.6 Å². The van der Waals surface area contributed by atoms with E-state index >= 15 is 0 Å². The molecule has 0 aliphatic carbocycles. The molecule has 8 nitrogen and oxygen atoms in total. The number of alkyl halides is 6. The van der Waals surface area contributed by atoms with Crippen LogP contribution in [0.5, 0.6) is 5.75 Å². The van der Waals surface area contributed by atoms with Crippen molar-refractivity contribution in [1.29, 1.82) is 0 Å². The number of aliphatic hydroxyl groups is 4. The maximum absolute atomic E-state index is 13.6. The Morgan fingerprint density at radius 1 is 0.906 bits per heavy atom. The number of rotatable bonds is 4. The average molecular weight is 470 g/mol. The van der Waals surface area contributed by atoms with Crippen molar-refractivity contribution in [3.05, 3.63) is 41.9 Å². The number of halogens is 6. The lowest BCUT2D eigenvalue weighted by molar-refractivity contribution is -0.278. The number of aromatic nitrogens is 2. The first kappa shape index (κ1) is 24.1. The molecule has 0 radical (unpaired) electrons. The molecule has 2 aromatic rings. The summed E-state index contributed by atoms with van der Waals surface area (Å²) in [5, 5.41) is 38.6. The van der Waals surface area contributed by atoms with E-state index in [0.717, 1.165) is 12.1 Å². The van der Waals surface area contributed by atoms with Gasteiger partial charge in [-0.15, -0.1) is 0 Å². The second-order valence-corrected chi connectivity index (χ2v) is 6.81. The van der Waals surface area contributed by atoms with Gasteiger partial charge in [-0.25, -0.2) is 4.98 Å². The van der Waals surface area contributed by atoms with Gasteiger partial charge < -0.3 is 29.9 Å². The molecule has 14 heteroatoms. The standard InChI is InChI=1S/C18H16F6N2O6/c19-17(20,21)8-3-7(9-4-26-12(5-25-9)18(22,23)24)1-2-10(8)31-16-15(30)14(29)13(28)11(6-27)32-16/h1-5,11,13-16,27-30H,6H2/t11-,13-,14+,15+,16+/m1/s1. The van der Waals surface area contributed by atoms with Crippen LogP contribution in [0.3, 0.4) is 0 Å². The Morgan fingerprint density at radius 3 is 2.12 bits per heavy atom. The highest BCUT2D eigenvalue weighted by atomic mass is 19.4. The van der Waals surface area contributed by atoms with Crippen LogP contribution in [0.25, 0.3) is 11.3 Å². The minimum Gasteiger partial charge on any atom is -0.461 e. The number of nitrogens with zero attached hydrogens (tertiary/aromatic N) is 2. The minimum absolute atomic E-state index is 0.222. The number of hydrogen-bond donors (Lipinski definition) is 4. The van der Waals surface area contributed by atoms with E-state index in [1.165, 1.54) is 0 Å². The summed E-state index contributed by atoms with van der Waals surface area (Å²) in [6.45, 7) is -0.817. The van der Waals surface area contributed by atoms with Crippen LogP contribution in [-0.4, -0.2) is 67.7 Å². The van der Waals surface area contributed by atoms with Crippen molar-refractivity contribution in [3.8, 4) is 17.0 Å². The fourth-order valence-corrected chi connectivity index (χ4v) is 2.93. The lowest BCUT2D eigenvalue weighted by Crippen LogP contribution is -2.60. The van der Waals surface area contributed by atoms with Gasteiger partial charge in [-0.1, -0.05) is 0 Å². The second kappa shape index (κ2) is 8.78. The highest BCUT2D eigenvalue weighted by molar-refractivity contribution is 5.61. The molecule has 0 saturated carbocycles. The minimum atomic E-state index is -5.00. The Hall–Kier alpha value is -2.52. The van der Waals surface area contributed by atoms with Gasteiger partial charge in [-0.05, 0) is 18.2 Å². The van der Waals surface area contributed by atoms with Crippen molar-refractivity contribution in [2.75, 3.05) is 6.61 Å². The third-order valence-electron chi connectivity index (χ3n) is 4.61. The summed E-state index contributed by atoms with van der Waals surface area (Å²) in [4.78, 5) is 6.64. The van der Waals surface area contributed by atoms with Crippen LogP contribution in [0.1, 0.15) is 11.3 Å². The van der Waals surface area contributed by atoms with Crippen LogP contribution in [0.2, 0.25) is 0 Å². The summed E-state index contributed by atoms with van der Waals surface area (Å²) in [5.41, 5.74) is -3.20. The van der Waals surface area contributed by atoms with Gasteiger partial charge in [0, 0.05) is 5.56 Å². The van der Waals surface area contributed by atoms with Gasteiger partial charge in [0.05, 0.1) is 30.3 Å². The molecule has 5 atom stereocenters. The maximum atomic E-state index is 13.6. The number of benzene rings is 1. The normalized spacial score (nSPS) is 26.8. The predicted octanol–water partition coefficient (Wildman–Crippen LogP) is 1.36. The lowest BCUT2D eigenvalue weighted by Gasteiger charge is -2.39. The van der Waals surface area contributed by atoms with Gasteiger partial charge in [0.1, 0.15) is 30.2 Å². The van der Waals surface area contributed by atoms with E-state index in [1.807, 2.05) is 0 Å². The Kier molecular flexibility index (Phi) is 6.62. The van der Waals surface area contributed by atoms with Crippen LogP contribution in [0.4, 0.5) is 26.3 Å². The highest BCUT2D eigenvalue weighted by Gasteiger charge is 2.46. The number of hydrogen-bond acceptors (Lipinski definition) is 8. The molecule has 1 aliphatic heterocycles. The van der Waals surface area contributed by atoms with E-state index in [9.17, 15) is 41.7 Å². The zero-order chi connectivity index (χ0) is 23.8. The van der Waals surface area contributed by atoms with Crippen LogP contribution in [0, 0.1) is 0 Å². The maximum Gasteiger partial charge on any atom is 0.434 e. The lowest BCUT2D eigenvalue weighted by atomic mass is 9.99. The molecular formula is C18H16F6N2O6. The van der Waals surface area contributed by atoms with Crippen molar-refractivity contribution in [2.45, 2.75) is 43.1 Å². The zero-order valence-electron chi connectivity index (χ0n) is 15.7. The van der Waals surface area contributed by atoms with Gasteiger partial charge in [-0.3, -0.25) is 4.98 Å². The first-order valence-corrected chi connectivity index (χ1v) is 8.91. The van der Waals surface area contributed by atoms with Gasteiger partial charge in [0.15, 0.2) is 5.69 Å². The monoisotopic (exact) mass is 470 g/mol. The van der Waals surface area contributed by atoms with Crippen LogP contribution in [-0.2, 0) is 17.1 Å². The quantitative estimate of drug-likeness (QED) is 0.494. The molecule has 1 fully saturated rings. The van der Waals surface area contributed by atoms with Crippen LogP contribution < -0.4 is 4.74 Å². The third-order valence-corrected chi connectivity index (χ3v) is 4.61. The number of aliphatic hydroxyl groups excluding tert-OH is 4. The van der Waals surface area contributed by atoms with E-state index in [4.69, 9.17) is 14.6 Å². The molecule has 176 valence electrons. The molecule has 0 amide bonds. The largest absolute Gasteiger partial charge is 0.461 e. The number of ether oxygens (including phenoxy) is 2. The second-order valence-electron chi connectivity index (χ2n) is 6.81. The highest BCUT2D eigenvalue weighted by Crippen LogP contribution is 2.40. The van der Waals surface area contributed by atoms with E-state index in [2.05, 4.69) is 9.97 Å². The Balaban J connectivity index is 1.93. The van der Waals surface area contributed by atoms with Crippen LogP contribution >= 0.6 is 0 Å².